The van der Waals surface area contributed by atoms with E-state index in [1.807, 2.05) is 13.8 Å². The molecule has 392 valence electrons. The normalized spacial score (nSPS) is 15.6. The zero-order valence-corrected chi connectivity index (χ0v) is 44.3. The van der Waals surface area contributed by atoms with E-state index in [0.717, 1.165) is 27.7 Å². The van der Waals surface area contributed by atoms with Gasteiger partial charge < -0.3 is 34.4 Å². The molecule has 29 heteroatoms. The number of amides is 6. The van der Waals surface area contributed by atoms with Crippen LogP contribution in [0.4, 0.5) is 19.5 Å². The van der Waals surface area contributed by atoms with Crippen molar-refractivity contribution in [2.75, 3.05) is 25.0 Å². The van der Waals surface area contributed by atoms with Gasteiger partial charge in [-0.1, -0.05) is 19.0 Å². The van der Waals surface area contributed by atoms with Crippen LogP contribution < -0.4 is 26.1 Å². The van der Waals surface area contributed by atoms with Crippen molar-refractivity contribution in [3.05, 3.63) is 34.5 Å². The highest BCUT2D eigenvalue weighted by atomic mass is 32.2. The van der Waals surface area contributed by atoms with Crippen LogP contribution in [0.5, 0.6) is 0 Å². The number of hydrogen-bond acceptors (Lipinski definition) is 19. The second kappa shape index (κ2) is 22.3. The Morgan fingerprint density at radius 3 is 2.17 bits per heavy atom. The third kappa shape index (κ3) is 16.8. The minimum atomic E-state index is -5.22. The highest BCUT2D eigenvalue weighted by molar-refractivity contribution is 7.84. The second-order valence-electron chi connectivity index (χ2n) is 19.8. The number of nitrogens with one attached hydrogen (secondary N) is 4. The number of aromatic nitrogens is 4. The molecule has 0 radical (unpaired) electrons. The quantitative estimate of drug-likeness (QED) is 0.0245. The number of carbonyl (C=O) groups excluding carboxylic acids is 7. The number of ether oxygens (including phenoxy) is 4. The Morgan fingerprint density at radius 2 is 1.58 bits per heavy atom. The molecule has 0 unspecified atom stereocenters. The molecule has 71 heavy (non-hydrogen) atoms. The summed E-state index contributed by atoms with van der Waals surface area (Å²) in [5.74, 6) is -4.04. The van der Waals surface area contributed by atoms with Crippen LogP contribution in [-0.2, 0) is 62.1 Å². The molecule has 4 heterocycles. The third-order valence-electron chi connectivity index (χ3n) is 8.94. The fourth-order valence-electron chi connectivity index (χ4n) is 5.83. The number of β-lactam (4-membered cyclic amide) rings is 1. The number of esters is 1. The number of hydrazine groups is 1. The van der Waals surface area contributed by atoms with E-state index in [2.05, 4.69) is 36.5 Å². The van der Waals surface area contributed by atoms with Gasteiger partial charge >= 0.3 is 34.6 Å². The van der Waals surface area contributed by atoms with Crippen LogP contribution in [-0.4, -0.2) is 139 Å². The minimum absolute atomic E-state index is 0.0185. The fourth-order valence-corrected chi connectivity index (χ4v) is 8.20. The molecule has 1 saturated heterocycles. The van der Waals surface area contributed by atoms with E-state index in [1.165, 1.54) is 25.4 Å². The number of rotatable bonds is 17. The first-order valence-electron chi connectivity index (χ1n) is 21.8. The van der Waals surface area contributed by atoms with Crippen molar-refractivity contribution in [3.63, 3.8) is 0 Å². The van der Waals surface area contributed by atoms with E-state index in [4.69, 9.17) is 23.8 Å². The molecule has 1 aliphatic rings. The van der Waals surface area contributed by atoms with Crippen LogP contribution in [0.3, 0.4) is 0 Å². The van der Waals surface area contributed by atoms with Gasteiger partial charge in [-0.15, -0.1) is 27.4 Å². The molecule has 0 saturated carbocycles. The summed E-state index contributed by atoms with van der Waals surface area (Å²) < 4.78 is 59.5. The number of oxime groups is 1. The van der Waals surface area contributed by atoms with E-state index < -0.39 is 99.0 Å². The maximum Gasteiger partial charge on any atom is 0.429 e. The van der Waals surface area contributed by atoms with Gasteiger partial charge in [0.05, 0.1) is 43.7 Å². The monoisotopic (exact) mass is 1060 g/mol. The summed E-state index contributed by atoms with van der Waals surface area (Å²) in [5, 5.41) is 13.8. The molecule has 1 aliphatic heterocycles. The lowest BCUT2D eigenvalue weighted by Gasteiger charge is -2.44. The zero-order valence-electron chi connectivity index (χ0n) is 41.9. The van der Waals surface area contributed by atoms with Gasteiger partial charge in [0.15, 0.2) is 17.9 Å². The predicted molar refractivity (Wildman–Crippen MR) is 255 cm³/mol. The number of nitrogens with zero attached hydrogens (tertiary/aromatic N) is 7. The molecule has 0 spiro atoms. The summed E-state index contributed by atoms with van der Waals surface area (Å²) in [6.45, 7) is 20.8. The average Bonchev–Trinajstić information content (AvgIpc) is 3.97. The van der Waals surface area contributed by atoms with Crippen LogP contribution >= 0.6 is 22.7 Å². The minimum Gasteiger partial charge on any atom is -0.462 e. The van der Waals surface area contributed by atoms with E-state index in [9.17, 15) is 46.5 Å². The molecular weight excluding hydrogens is 995 g/mol. The molecule has 2 atom stereocenters. The largest absolute Gasteiger partial charge is 0.462 e. The first kappa shape index (κ1) is 57.1. The van der Waals surface area contributed by atoms with Crippen LogP contribution in [0, 0.1) is 5.92 Å². The Hall–Kier alpha value is -6.46. The van der Waals surface area contributed by atoms with Crippen molar-refractivity contribution in [2.24, 2.45) is 18.1 Å². The van der Waals surface area contributed by atoms with Crippen LogP contribution in [0.2, 0.25) is 0 Å². The Kier molecular flexibility index (Phi) is 18.0. The summed E-state index contributed by atoms with van der Waals surface area (Å²) >= 11 is 1.81. The Labute approximate surface area is 418 Å². The molecule has 3 aromatic heterocycles. The van der Waals surface area contributed by atoms with Gasteiger partial charge in [-0.25, -0.2) is 43.9 Å². The molecule has 5 N–H and O–H groups in total. The second-order valence-corrected chi connectivity index (χ2v) is 22.9. The Morgan fingerprint density at radius 1 is 0.958 bits per heavy atom. The molecule has 0 aliphatic carbocycles. The maximum absolute atomic E-state index is 14.0. The molecule has 26 nitrogen and oxygen atoms in total. The van der Waals surface area contributed by atoms with Crippen molar-refractivity contribution in [1.82, 2.24) is 40.0 Å². The summed E-state index contributed by atoms with van der Waals surface area (Å²) in [6.07, 6.45) is 2.09. The van der Waals surface area contributed by atoms with E-state index >= 15 is 0 Å². The molecular formula is C42H62N11O15S3+. The van der Waals surface area contributed by atoms with Gasteiger partial charge in [0.25, 0.3) is 17.7 Å². The summed E-state index contributed by atoms with van der Waals surface area (Å²) in [4.78, 5) is 106. The van der Waals surface area contributed by atoms with Gasteiger partial charge in [0.2, 0.25) is 11.8 Å². The first-order chi connectivity index (χ1) is 32.5. The summed E-state index contributed by atoms with van der Waals surface area (Å²) in [5.41, 5.74) is -2.19. The molecule has 3 aromatic rings. The van der Waals surface area contributed by atoms with Gasteiger partial charge in [0, 0.05) is 11.9 Å². The van der Waals surface area contributed by atoms with Crippen molar-refractivity contribution in [2.45, 2.75) is 131 Å². The smallest absolute Gasteiger partial charge is 0.429 e. The topological polar surface area (TPSA) is 322 Å². The average molecular weight is 1060 g/mol. The third-order valence-corrected chi connectivity index (χ3v) is 11.7. The van der Waals surface area contributed by atoms with Crippen molar-refractivity contribution in [3.8, 4) is 10.6 Å². The lowest BCUT2D eigenvalue weighted by molar-refractivity contribution is -0.753. The SMILES string of the molecule is CC(C)COC(=O)C(C)(C)O/N=C(\C(=O)N[C@@H]1C(=O)N(S(=O)(=O)O)[C@@H]1CNC(=O)c1cnc(-c2cn(CCN(NC(=O)OC(C)(C)C)C(=O)OC(C)(C)C)[n+](C)c2)s1)c1csc(NC(=O)OC(C)(C)C)n1. The number of aryl methyl sites for hydroxylation is 1. The number of carbonyl (C=O) groups is 7. The van der Waals surface area contributed by atoms with Gasteiger partial charge in [0.1, 0.15) is 38.4 Å². The maximum atomic E-state index is 14.0. The Balaban J connectivity index is 1.52. The van der Waals surface area contributed by atoms with Crippen molar-refractivity contribution < 1.29 is 75.0 Å². The van der Waals surface area contributed by atoms with Gasteiger partial charge in [-0.3, -0.25) is 24.3 Å². The molecule has 1 fully saturated rings. The van der Waals surface area contributed by atoms with E-state index in [0.29, 0.717) is 10.6 Å². The summed E-state index contributed by atoms with van der Waals surface area (Å²) in [7, 11) is -3.50. The summed E-state index contributed by atoms with van der Waals surface area (Å²) in [6, 6.07) is -3.25. The zero-order chi connectivity index (χ0) is 53.6. The van der Waals surface area contributed by atoms with Gasteiger partial charge in [-0.05, 0) is 82.1 Å². The molecule has 4 rings (SSSR count). The van der Waals surface area contributed by atoms with Crippen LogP contribution in [0.25, 0.3) is 10.6 Å². The van der Waals surface area contributed by atoms with Crippen molar-refractivity contribution in [1.29, 1.82) is 0 Å². The van der Waals surface area contributed by atoms with E-state index in [1.54, 1.807) is 91.1 Å². The highest BCUT2D eigenvalue weighted by Gasteiger charge is 2.54. The number of anilines is 1. The highest BCUT2D eigenvalue weighted by Crippen LogP contribution is 2.27. The van der Waals surface area contributed by atoms with E-state index in [-0.39, 0.29) is 45.6 Å². The molecule has 0 bridgehead atoms. The lowest BCUT2D eigenvalue weighted by atomic mass is 9.98. The lowest BCUT2D eigenvalue weighted by Crippen LogP contribution is -2.74. The number of thiazole rings is 2. The Bertz CT molecular complexity index is 2620. The molecule has 6 amide bonds. The predicted octanol–water partition coefficient (Wildman–Crippen LogP) is 3.54. The van der Waals surface area contributed by atoms with Crippen molar-refractivity contribution >= 4 is 85.8 Å². The first-order valence-corrected chi connectivity index (χ1v) is 24.9. The van der Waals surface area contributed by atoms with Gasteiger partial charge in [-0.2, -0.15) is 13.1 Å². The number of hydrogen-bond donors (Lipinski definition) is 5. The standard InChI is InChI=1S/C42H61N11O15S3/c1-23(2)21-64-34(57)42(12,13)68-49-28(25-22-69-35(45-25)47-36(58)65-39(3,4)5)31(55)46-29-26(53(33(29)56)71(61,62)63)17-43-30(54)27-18-44-32(70-27)24-19-50(14)51(20-24)15-16-52(38(60)67-41(9,10)11)48-37(59)66-40(6,7)8/h18-20,22-23,26,29H,15-17,21H2,1-14H3,(H4-,43,45,46,47,48,54,55,58,59,61,62,63)/p+1/b49-28-/t26-,29+/m1/s1. The van der Waals surface area contributed by atoms with Crippen LogP contribution in [0.1, 0.15) is 105 Å². The molecule has 0 aromatic carbocycles. The fraction of sp³-hybridized carbons (Fsp3) is 0.595. The van der Waals surface area contributed by atoms with Crippen LogP contribution in [0.15, 0.2) is 29.1 Å².